The summed E-state index contributed by atoms with van der Waals surface area (Å²) in [6.45, 7) is 0.159. The fraction of sp³-hybridized carbons (Fsp3) is 0.364. The summed E-state index contributed by atoms with van der Waals surface area (Å²) >= 11 is 0. The SMILES string of the molecule is Cn1c(C(F)(F)C(F)(F)F)nc2ccc(CN)cc21. The Morgan fingerprint density at radius 1 is 1.21 bits per heavy atom. The average molecular weight is 279 g/mol. The Kier molecular flexibility index (Phi) is 3.00. The van der Waals surface area contributed by atoms with Gasteiger partial charge in [-0.25, -0.2) is 4.98 Å². The Morgan fingerprint density at radius 3 is 2.37 bits per heavy atom. The molecule has 1 heterocycles. The van der Waals surface area contributed by atoms with Gasteiger partial charge in [0.25, 0.3) is 0 Å². The third-order valence-corrected chi connectivity index (χ3v) is 2.82. The maximum absolute atomic E-state index is 13.3. The molecule has 0 fully saturated rings. The van der Waals surface area contributed by atoms with Crippen LogP contribution in [0.25, 0.3) is 11.0 Å². The Morgan fingerprint density at radius 2 is 1.84 bits per heavy atom. The van der Waals surface area contributed by atoms with Crippen molar-refractivity contribution < 1.29 is 22.0 Å². The Balaban J connectivity index is 2.67. The van der Waals surface area contributed by atoms with Gasteiger partial charge in [0.05, 0.1) is 11.0 Å². The molecule has 8 heteroatoms. The summed E-state index contributed by atoms with van der Waals surface area (Å²) in [5.41, 5.74) is 6.27. The molecular formula is C11H10F5N3. The zero-order valence-electron chi connectivity index (χ0n) is 9.80. The highest BCUT2D eigenvalue weighted by molar-refractivity contribution is 5.77. The predicted molar refractivity (Wildman–Crippen MR) is 58.6 cm³/mol. The maximum Gasteiger partial charge on any atom is 0.461 e. The number of benzene rings is 1. The first-order chi connectivity index (χ1) is 8.68. The van der Waals surface area contributed by atoms with Crippen LogP contribution in [0.2, 0.25) is 0 Å². The molecule has 1 aromatic carbocycles. The molecule has 0 unspecified atom stereocenters. The van der Waals surface area contributed by atoms with Crippen LogP contribution in [0.3, 0.4) is 0 Å². The highest BCUT2D eigenvalue weighted by Gasteiger charge is 2.61. The standard InChI is InChI=1S/C11H10F5N3/c1-19-8-4-6(5-17)2-3-7(8)18-9(19)10(12,13)11(14,15)16/h2-4H,5,17H2,1H3. The molecular weight excluding hydrogens is 269 g/mol. The van der Waals surface area contributed by atoms with Gasteiger partial charge in [-0.15, -0.1) is 0 Å². The Labute approximate surface area is 104 Å². The van der Waals surface area contributed by atoms with E-state index in [0.29, 0.717) is 5.56 Å². The summed E-state index contributed by atoms with van der Waals surface area (Å²) in [5, 5.41) is 0. The van der Waals surface area contributed by atoms with Crippen molar-refractivity contribution in [3.63, 3.8) is 0 Å². The quantitative estimate of drug-likeness (QED) is 0.859. The van der Waals surface area contributed by atoms with E-state index in [1.54, 1.807) is 0 Å². The van der Waals surface area contributed by atoms with Gasteiger partial charge in [0.15, 0.2) is 5.82 Å². The van der Waals surface area contributed by atoms with Gasteiger partial charge in [-0.05, 0) is 17.7 Å². The van der Waals surface area contributed by atoms with E-state index < -0.39 is 17.9 Å². The predicted octanol–water partition coefficient (Wildman–Crippen LogP) is 2.69. The van der Waals surface area contributed by atoms with E-state index in [4.69, 9.17) is 5.73 Å². The first-order valence-corrected chi connectivity index (χ1v) is 5.29. The van der Waals surface area contributed by atoms with E-state index in [1.807, 2.05) is 0 Å². The maximum atomic E-state index is 13.3. The van der Waals surface area contributed by atoms with Gasteiger partial charge >= 0.3 is 12.1 Å². The number of alkyl halides is 5. The average Bonchev–Trinajstić information content (AvgIpc) is 2.65. The highest BCUT2D eigenvalue weighted by Crippen LogP contribution is 2.43. The number of imidazole rings is 1. The zero-order chi connectivity index (χ0) is 14.4. The van der Waals surface area contributed by atoms with Crippen molar-refractivity contribution >= 4 is 11.0 Å². The van der Waals surface area contributed by atoms with Crippen molar-refractivity contribution in [2.24, 2.45) is 12.8 Å². The molecule has 0 saturated carbocycles. The summed E-state index contributed by atoms with van der Waals surface area (Å²) in [6.07, 6.45) is -5.68. The smallest absolute Gasteiger partial charge is 0.326 e. The van der Waals surface area contributed by atoms with Gasteiger partial charge in [-0.2, -0.15) is 22.0 Å². The summed E-state index contributed by atoms with van der Waals surface area (Å²) in [4.78, 5) is 3.38. The molecule has 0 bridgehead atoms. The van der Waals surface area contributed by atoms with E-state index in [-0.39, 0.29) is 17.6 Å². The number of aryl methyl sites for hydroxylation is 1. The van der Waals surface area contributed by atoms with Gasteiger partial charge in [-0.3, -0.25) is 0 Å². The second kappa shape index (κ2) is 4.16. The van der Waals surface area contributed by atoms with Crippen molar-refractivity contribution in [3.05, 3.63) is 29.6 Å². The van der Waals surface area contributed by atoms with Crippen LogP contribution in [0.15, 0.2) is 18.2 Å². The van der Waals surface area contributed by atoms with Gasteiger partial charge in [-0.1, -0.05) is 6.07 Å². The fourth-order valence-corrected chi connectivity index (χ4v) is 1.77. The van der Waals surface area contributed by atoms with Crippen LogP contribution >= 0.6 is 0 Å². The lowest BCUT2D eigenvalue weighted by Gasteiger charge is -2.18. The first kappa shape index (κ1) is 13.7. The van der Waals surface area contributed by atoms with E-state index in [2.05, 4.69) is 4.98 Å². The van der Waals surface area contributed by atoms with Crippen LogP contribution in [0.4, 0.5) is 22.0 Å². The third-order valence-electron chi connectivity index (χ3n) is 2.82. The summed E-state index contributed by atoms with van der Waals surface area (Å²) in [6, 6.07) is 4.34. The molecule has 3 nitrogen and oxygen atoms in total. The molecule has 0 aliphatic rings. The molecule has 0 saturated heterocycles. The Hall–Kier alpha value is -1.70. The van der Waals surface area contributed by atoms with E-state index in [9.17, 15) is 22.0 Å². The van der Waals surface area contributed by atoms with E-state index >= 15 is 0 Å². The van der Waals surface area contributed by atoms with Gasteiger partial charge in [0, 0.05) is 13.6 Å². The zero-order valence-corrected chi connectivity index (χ0v) is 9.80. The molecule has 0 spiro atoms. The first-order valence-electron chi connectivity index (χ1n) is 5.29. The molecule has 0 aliphatic heterocycles. The molecule has 2 rings (SSSR count). The molecule has 2 aromatic rings. The van der Waals surface area contributed by atoms with E-state index in [1.165, 1.54) is 18.2 Å². The van der Waals surface area contributed by atoms with Crippen LogP contribution < -0.4 is 5.73 Å². The fourth-order valence-electron chi connectivity index (χ4n) is 1.77. The molecule has 0 atom stereocenters. The number of hydrogen-bond donors (Lipinski definition) is 1. The number of hydrogen-bond acceptors (Lipinski definition) is 2. The molecule has 0 amide bonds. The van der Waals surface area contributed by atoms with E-state index in [0.717, 1.165) is 11.6 Å². The Bertz CT molecular complexity index is 615. The number of aromatic nitrogens is 2. The van der Waals surface area contributed by atoms with Crippen molar-refractivity contribution in [1.29, 1.82) is 0 Å². The van der Waals surface area contributed by atoms with Crippen molar-refractivity contribution in [2.45, 2.75) is 18.6 Å². The molecule has 2 N–H and O–H groups in total. The lowest BCUT2D eigenvalue weighted by Crippen LogP contribution is -2.36. The van der Waals surface area contributed by atoms with Crippen molar-refractivity contribution in [1.82, 2.24) is 9.55 Å². The minimum Gasteiger partial charge on any atom is -0.326 e. The minimum absolute atomic E-state index is 0.0682. The molecule has 104 valence electrons. The summed E-state index contributed by atoms with van der Waals surface area (Å²) in [7, 11) is 1.12. The third kappa shape index (κ3) is 2.05. The summed E-state index contributed by atoms with van der Waals surface area (Å²) in [5.74, 6) is -6.33. The van der Waals surface area contributed by atoms with Crippen molar-refractivity contribution in [3.8, 4) is 0 Å². The lowest BCUT2D eigenvalue weighted by molar-refractivity contribution is -0.293. The number of halogens is 5. The number of rotatable bonds is 2. The normalized spacial score (nSPS) is 13.2. The molecule has 1 aromatic heterocycles. The number of nitrogens with zero attached hydrogens (tertiary/aromatic N) is 2. The topological polar surface area (TPSA) is 43.8 Å². The largest absolute Gasteiger partial charge is 0.461 e. The van der Waals surface area contributed by atoms with Crippen LogP contribution in [-0.2, 0) is 19.5 Å². The van der Waals surface area contributed by atoms with Crippen LogP contribution in [0.5, 0.6) is 0 Å². The molecule has 0 aliphatic carbocycles. The minimum atomic E-state index is -5.68. The van der Waals surface area contributed by atoms with Gasteiger partial charge in [0.2, 0.25) is 0 Å². The van der Waals surface area contributed by atoms with Gasteiger partial charge in [0.1, 0.15) is 0 Å². The number of nitrogens with two attached hydrogens (primary N) is 1. The molecule has 19 heavy (non-hydrogen) atoms. The highest BCUT2D eigenvalue weighted by atomic mass is 19.4. The summed E-state index contributed by atoms with van der Waals surface area (Å²) < 4.78 is 64.4. The second-order valence-corrected chi connectivity index (χ2v) is 4.09. The number of fused-ring (bicyclic) bond motifs is 1. The second-order valence-electron chi connectivity index (χ2n) is 4.09. The van der Waals surface area contributed by atoms with Crippen LogP contribution in [0.1, 0.15) is 11.4 Å². The van der Waals surface area contributed by atoms with Crippen LogP contribution in [-0.4, -0.2) is 15.7 Å². The van der Waals surface area contributed by atoms with Crippen LogP contribution in [0, 0.1) is 0 Å². The van der Waals surface area contributed by atoms with Gasteiger partial charge < -0.3 is 10.3 Å². The van der Waals surface area contributed by atoms with Crippen molar-refractivity contribution in [2.75, 3.05) is 0 Å². The lowest BCUT2D eigenvalue weighted by atomic mass is 10.2. The monoisotopic (exact) mass is 279 g/mol. The molecule has 0 radical (unpaired) electrons.